The number of esters is 1. The molecule has 0 saturated carbocycles. The van der Waals surface area contributed by atoms with Gasteiger partial charge >= 0.3 is 5.97 Å². The zero-order valence-electron chi connectivity index (χ0n) is 9.08. The Balaban J connectivity index is 3.18. The van der Waals surface area contributed by atoms with Crippen LogP contribution in [0.4, 0.5) is 0 Å². The molecule has 0 spiro atoms. The van der Waals surface area contributed by atoms with Crippen LogP contribution in [0.3, 0.4) is 0 Å². The van der Waals surface area contributed by atoms with Crippen molar-refractivity contribution < 1.29 is 9.53 Å². The van der Waals surface area contributed by atoms with Gasteiger partial charge in [0.05, 0.1) is 22.9 Å². The largest absolute Gasteiger partial charge is 0.462 e. The fraction of sp³-hybridized carbons (Fsp3) is 0.455. The highest BCUT2D eigenvalue weighted by atomic mass is 35.5. The van der Waals surface area contributed by atoms with Gasteiger partial charge in [0.25, 0.3) is 0 Å². The topological polar surface area (TPSA) is 39.2 Å². The van der Waals surface area contributed by atoms with E-state index in [4.69, 9.17) is 16.3 Å². The van der Waals surface area contributed by atoms with Crippen molar-refractivity contribution in [3.8, 4) is 0 Å². The number of carbonyl (C=O) groups is 1. The maximum Gasteiger partial charge on any atom is 0.341 e. The molecule has 0 aromatic carbocycles. The summed E-state index contributed by atoms with van der Waals surface area (Å²) in [7, 11) is 0. The van der Waals surface area contributed by atoms with Crippen LogP contribution in [0.1, 0.15) is 42.7 Å². The van der Waals surface area contributed by atoms with Gasteiger partial charge in [-0.25, -0.2) is 4.79 Å². The Labute approximate surface area is 94.4 Å². The molecule has 0 atom stereocenters. The molecule has 1 aromatic rings. The van der Waals surface area contributed by atoms with E-state index in [0.29, 0.717) is 22.9 Å². The molecule has 3 nitrogen and oxygen atoms in total. The van der Waals surface area contributed by atoms with Gasteiger partial charge in [-0.15, -0.1) is 0 Å². The van der Waals surface area contributed by atoms with Crippen LogP contribution in [-0.2, 0) is 4.74 Å². The van der Waals surface area contributed by atoms with Crippen LogP contribution in [-0.4, -0.2) is 17.6 Å². The van der Waals surface area contributed by atoms with E-state index < -0.39 is 5.97 Å². The number of rotatable bonds is 3. The molecule has 0 aliphatic carbocycles. The lowest BCUT2D eigenvalue weighted by atomic mass is 10.0. The van der Waals surface area contributed by atoms with Crippen LogP contribution in [0, 0.1) is 0 Å². The SMILES string of the molecule is CCOC(=O)c1c(Cl)ccnc1C(C)C. The van der Waals surface area contributed by atoms with Crippen molar-refractivity contribution in [3.63, 3.8) is 0 Å². The van der Waals surface area contributed by atoms with Gasteiger partial charge in [-0.1, -0.05) is 25.4 Å². The fourth-order valence-electron chi connectivity index (χ4n) is 1.30. The van der Waals surface area contributed by atoms with Gasteiger partial charge in [0.15, 0.2) is 0 Å². The Morgan fingerprint density at radius 1 is 1.60 bits per heavy atom. The molecule has 1 rings (SSSR count). The third-order valence-electron chi connectivity index (χ3n) is 1.96. The Kier molecular flexibility index (Phi) is 4.09. The molecule has 1 aromatic heterocycles. The molecular formula is C11H14ClNO2. The first-order valence-electron chi connectivity index (χ1n) is 4.89. The highest BCUT2D eigenvalue weighted by Gasteiger charge is 2.19. The Morgan fingerprint density at radius 2 is 2.27 bits per heavy atom. The van der Waals surface area contributed by atoms with Crippen molar-refractivity contribution in [3.05, 3.63) is 28.5 Å². The second-order valence-electron chi connectivity index (χ2n) is 3.43. The van der Waals surface area contributed by atoms with E-state index in [-0.39, 0.29) is 5.92 Å². The van der Waals surface area contributed by atoms with Crippen LogP contribution in [0.5, 0.6) is 0 Å². The molecule has 4 heteroatoms. The number of carbonyl (C=O) groups excluding carboxylic acids is 1. The first kappa shape index (κ1) is 12.0. The number of nitrogens with zero attached hydrogens (tertiary/aromatic N) is 1. The molecular weight excluding hydrogens is 214 g/mol. The maximum atomic E-state index is 11.6. The summed E-state index contributed by atoms with van der Waals surface area (Å²) in [6.45, 7) is 6.02. The van der Waals surface area contributed by atoms with Crippen molar-refractivity contribution in [2.75, 3.05) is 6.61 Å². The molecule has 0 N–H and O–H groups in total. The van der Waals surface area contributed by atoms with Crippen LogP contribution >= 0.6 is 11.6 Å². The van der Waals surface area contributed by atoms with Crippen LogP contribution in [0.25, 0.3) is 0 Å². The summed E-state index contributed by atoms with van der Waals surface area (Å²) in [6, 6.07) is 1.60. The minimum atomic E-state index is -0.403. The summed E-state index contributed by atoms with van der Waals surface area (Å²) in [4.78, 5) is 15.8. The normalized spacial score (nSPS) is 10.5. The van der Waals surface area contributed by atoms with Crippen molar-refractivity contribution in [2.45, 2.75) is 26.7 Å². The second kappa shape index (κ2) is 5.12. The van der Waals surface area contributed by atoms with Crippen LogP contribution in [0.2, 0.25) is 5.02 Å². The first-order chi connectivity index (χ1) is 7.07. The van der Waals surface area contributed by atoms with E-state index in [0.717, 1.165) is 0 Å². The average Bonchev–Trinajstić information content (AvgIpc) is 2.17. The second-order valence-corrected chi connectivity index (χ2v) is 3.84. The number of ether oxygens (including phenoxy) is 1. The van der Waals surface area contributed by atoms with E-state index >= 15 is 0 Å². The highest BCUT2D eigenvalue weighted by Crippen LogP contribution is 2.24. The Morgan fingerprint density at radius 3 is 2.80 bits per heavy atom. The van der Waals surface area contributed by atoms with E-state index in [1.807, 2.05) is 13.8 Å². The van der Waals surface area contributed by atoms with Crippen molar-refractivity contribution in [1.82, 2.24) is 4.98 Å². The lowest BCUT2D eigenvalue weighted by Crippen LogP contribution is -2.11. The summed E-state index contributed by atoms with van der Waals surface area (Å²) in [5, 5.41) is 0.396. The number of pyridine rings is 1. The minimum absolute atomic E-state index is 0.142. The summed E-state index contributed by atoms with van der Waals surface area (Å²) < 4.78 is 4.94. The number of hydrogen-bond donors (Lipinski definition) is 0. The monoisotopic (exact) mass is 227 g/mol. The Hall–Kier alpha value is -1.09. The molecule has 0 unspecified atom stereocenters. The van der Waals surface area contributed by atoms with Crippen molar-refractivity contribution in [2.24, 2.45) is 0 Å². The number of hydrogen-bond acceptors (Lipinski definition) is 3. The predicted molar refractivity (Wildman–Crippen MR) is 59.3 cm³/mol. The third-order valence-corrected chi connectivity index (χ3v) is 2.27. The molecule has 15 heavy (non-hydrogen) atoms. The highest BCUT2D eigenvalue weighted by molar-refractivity contribution is 6.33. The molecule has 1 heterocycles. The molecule has 0 fully saturated rings. The summed E-state index contributed by atoms with van der Waals surface area (Å²) in [5.74, 6) is -0.262. The van der Waals surface area contributed by atoms with E-state index in [1.54, 1.807) is 19.2 Å². The quantitative estimate of drug-likeness (QED) is 0.745. The molecule has 0 saturated heterocycles. The molecule has 0 radical (unpaired) electrons. The van der Waals surface area contributed by atoms with Gasteiger partial charge in [0.1, 0.15) is 0 Å². The van der Waals surface area contributed by atoms with Crippen LogP contribution < -0.4 is 0 Å². The smallest absolute Gasteiger partial charge is 0.341 e. The predicted octanol–water partition coefficient (Wildman–Crippen LogP) is 3.04. The molecule has 0 aliphatic heterocycles. The standard InChI is InChI=1S/C11H14ClNO2/c1-4-15-11(14)9-8(12)5-6-13-10(9)7(2)3/h5-7H,4H2,1-3H3. The molecule has 82 valence electrons. The molecule has 0 aliphatic rings. The van der Waals surface area contributed by atoms with Gasteiger partial charge in [0, 0.05) is 6.20 Å². The minimum Gasteiger partial charge on any atom is -0.462 e. The third kappa shape index (κ3) is 2.69. The number of aromatic nitrogens is 1. The zero-order chi connectivity index (χ0) is 11.4. The van der Waals surface area contributed by atoms with Gasteiger partial charge in [-0.3, -0.25) is 4.98 Å². The van der Waals surface area contributed by atoms with Crippen molar-refractivity contribution in [1.29, 1.82) is 0 Å². The van der Waals surface area contributed by atoms with E-state index in [1.165, 1.54) is 0 Å². The van der Waals surface area contributed by atoms with Crippen LogP contribution in [0.15, 0.2) is 12.3 Å². The summed E-state index contributed by atoms with van der Waals surface area (Å²) in [6.07, 6.45) is 1.60. The Bertz CT molecular complexity index is 364. The molecule has 0 amide bonds. The lowest BCUT2D eigenvalue weighted by Gasteiger charge is -2.11. The fourth-order valence-corrected chi connectivity index (χ4v) is 1.53. The zero-order valence-corrected chi connectivity index (χ0v) is 9.84. The van der Waals surface area contributed by atoms with Gasteiger partial charge in [-0.05, 0) is 18.9 Å². The van der Waals surface area contributed by atoms with Gasteiger partial charge < -0.3 is 4.74 Å². The summed E-state index contributed by atoms with van der Waals surface area (Å²) >= 11 is 5.96. The average molecular weight is 228 g/mol. The van der Waals surface area contributed by atoms with Crippen molar-refractivity contribution >= 4 is 17.6 Å². The van der Waals surface area contributed by atoms with Gasteiger partial charge in [0.2, 0.25) is 0 Å². The first-order valence-corrected chi connectivity index (χ1v) is 5.27. The maximum absolute atomic E-state index is 11.6. The van der Waals surface area contributed by atoms with E-state index in [2.05, 4.69) is 4.98 Å². The van der Waals surface area contributed by atoms with Gasteiger partial charge in [-0.2, -0.15) is 0 Å². The lowest BCUT2D eigenvalue weighted by molar-refractivity contribution is 0.0524. The number of halogens is 1. The summed E-state index contributed by atoms with van der Waals surface area (Å²) in [5.41, 5.74) is 1.07. The van der Waals surface area contributed by atoms with E-state index in [9.17, 15) is 4.79 Å². The molecule has 0 bridgehead atoms.